The zero-order chi connectivity index (χ0) is 11.0. The molecule has 0 aromatic rings. The summed E-state index contributed by atoms with van der Waals surface area (Å²) in [4.78, 5) is 0. The van der Waals surface area contributed by atoms with E-state index in [1.54, 1.807) is 0 Å². The Hall–Kier alpha value is -0.0800. The summed E-state index contributed by atoms with van der Waals surface area (Å²) < 4.78 is 11.1. The Morgan fingerprint density at radius 2 is 1.14 bits per heavy atom. The van der Waals surface area contributed by atoms with Gasteiger partial charge in [0.1, 0.15) is 0 Å². The monoisotopic (exact) mass is 202 g/mol. The van der Waals surface area contributed by atoms with Gasteiger partial charge < -0.3 is 9.47 Å². The molecular formula is C12H26O2. The van der Waals surface area contributed by atoms with Crippen LogP contribution < -0.4 is 0 Å². The van der Waals surface area contributed by atoms with Crippen LogP contribution >= 0.6 is 0 Å². The van der Waals surface area contributed by atoms with Crippen LogP contribution in [0.5, 0.6) is 0 Å². The largest absolute Gasteiger partial charge is 0.353 e. The van der Waals surface area contributed by atoms with Gasteiger partial charge in [-0.2, -0.15) is 0 Å². The number of hydrogen-bond donors (Lipinski definition) is 0. The average Bonchev–Trinajstić information content (AvgIpc) is 2.22. The van der Waals surface area contributed by atoms with Crippen LogP contribution in [0.4, 0.5) is 0 Å². The van der Waals surface area contributed by atoms with Crippen LogP contribution in [0.1, 0.15) is 47.5 Å². The maximum atomic E-state index is 5.57. The highest BCUT2D eigenvalue weighted by atomic mass is 16.7. The lowest BCUT2D eigenvalue weighted by molar-refractivity contribution is -0.144. The molecule has 0 rings (SSSR count). The Morgan fingerprint density at radius 1 is 0.786 bits per heavy atom. The topological polar surface area (TPSA) is 18.5 Å². The summed E-state index contributed by atoms with van der Waals surface area (Å²) in [5, 5.41) is 0. The molecule has 0 amide bonds. The van der Waals surface area contributed by atoms with Crippen LogP contribution in [-0.4, -0.2) is 19.5 Å². The highest BCUT2D eigenvalue weighted by molar-refractivity contribution is 4.49. The molecule has 0 saturated carbocycles. The second-order valence-electron chi connectivity index (χ2n) is 4.26. The van der Waals surface area contributed by atoms with Crippen LogP contribution in [-0.2, 0) is 9.47 Å². The van der Waals surface area contributed by atoms with E-state index in [4.69, 9.17) is 9.47 Å². The summed E-state index contributed by atoms with van der Waals surface area (Å²) in [7, 11) is 0. The minimum Gasteiger partial charge on any atom is -0.353 e. The lowest BCUT2D eigenvalue weighted by atomic mass is 10.1. The molecule has 0 aliphatic rings. The van der Waals surface area contributed by atoms with Crippen molar-refractivity contribution in [3.05, 3.63) is 0 Å². The van der Waals surface area contributed by atoms with Crippen molar-refractivity contribution < 1.29 is 9.47 Å². The molecule has 0 fully saturated rings. The van der Waals surface area contributed by atoms with Gasteiger partial charge in [-0.3, -0.25) is 0 Å². The van der Waals surface area contributed by atoms with E-state index in [1.165, 1.54) is 0 Å². The molecule has 0 bridgehead atoms. The summed E-state index contributed by atoms with van der Waals surface area (Å²) in [5.41, 5.74) is 0. The Labute approximate surface area is 89.0 Å². The maximum absolute atomic E-state index is 5.57. The third-order valence-electron chi connectivity index (χ3n) is 2.62. The first-order valence-corrected chi connectivity index (χ1v) is 5.83. The fraction of sp³-hybridized carbons (Fsp3) is 1.00. The van der Waals surface area contributed by atoms with Crippen LogP contribution in [0.25, 0.3) is 0 Å². The van der Waals surface area contributed by atoms with Crippen molar-refractivity contribution in [2.45, 2.75) is 53.8 Å². The standard InChI is InChI=1S/C12H26O2/c1-6-10(3)8-13-12(5)14-9-11(4)7-2/h10-12H,6-9H2,1-5H3/t10-,11-/m1/s1. The summed E-state index contributed by atoms with van der Waals surface area (Å²) in [6, 6.07) is 0. The smallest absolute Gasteiger partial charge is 0.154 e. The van der Waals surface area contributed by atoms with Crippen molar-refractivity contribution in [2.75, 3.05) is 13.2 Å². The minimum atomic E-state index is -0.0574. The van der Waals surface area contributed by atoms with Gasteiger partial charge in [-0.25, -0.2) is 0 Å². The molecule has 0 radical (unpaired) electrons. The molecular weight excluding hydrogens is 176 g/mol. The molecule has 0 N–H and O–H groups in total. The summed E-state index contributed by atoms with van der Waals surface area (Å²) in [6.07, 6.45) is 2.27. The summed E-state index contributed by atoms with van der Waals surface area (Å²) >= 11 is 0. The van der Waals surface area contributed by atoms with E-state index in [1.807, 2.05) is 6.92 Å². The highest BCUT2D eigenvalue weighted by Crippen LogP contribution is 2.07. The van der Waals surface area contributed by atoms with Gasteiger partial charge in [0, 0.05) is 0 Å². The zero-order valence-corrected chi connectivity index (χ0v) is 10.4. The minimum absolute atomic E-state index is 0.0574. The van der Waals surface area contributed by atoms with E-state index in [9.17, 15) is 0 Å². The Bertz CT molecular complexity index is 111. The summed E-state index contributed by atoms with van der Waals surface area (Å²) in [6.45, 7) is 12.3. The van der Waals surface area contributed by atoms with Gasteiger partial charge >= 0.3 is 0 Å². The zero-order valence-electron chi connectivity index (χ0n) is 10.4. The molecule has 0 spiro atoms. The molecule has 0 aliphatic carbocycles. The fourth-order valence-electron chi connectivity index (χ4n) is 0.883. The maximum Gasteiger partial charge on any atom is 0.154 e. The SMILES string of the molecule is CC[C@@H](C)COC(C)OC[C@H](C)CC. The molecule has 0 aromatic carbocycles. The van der Waals surface area contributed by atoms with Gasteiger partial charge in [0.05, 0.1) is 13.2 Å². The summed E-state index contributed by atoms with van der Waals surface area (Å²) in [5.74, 6) is 1.26. The predicted molar refractivity (Wildman–Crippen MR) is 60.3 cm³/mol. The van der Waals surface area contributed by atoms with Crippen LogP contribution in [0, 0.1) is 11.8 Å². The van der Waals surface area contributed by atoms with Gasteiger partial charge in [-0.15, -0.1) is 0 Å². The molecule has 0 saturated heterocycles. The van der Waals surface area contributed by atoms with Gasteiger partial charge in [0.15, 0.2) is 6.29 Å². The van der Waals surface area contributed by atoms with Gasteiger partial charge in [-0.1, -0.05) is 40.5 Å². The average molecular weight is 202 g/mol. The van der Waals surface area contributed by atoms with Crippen molar-refractivity contribution in [1.82, 2.24) is 0 Å². The Morgan fingerprint density at radius 3 is 1.43 bits per heavy atom. The third kappa shape index (κ3) is 7.34. The highest BCUT2D eigenvalue weighted by Gasteiger charge is 2.07. The lowest BCUT2D eigenvalue weighted by Crippen LogP contribution is -2.19. The second-order valence-corrected chi connectivity index (χ2v) is 4.26. The number of ether oxygens (including phenoxy) is 2. The van der Waals surface area contributed by atoms with Crippen molar-refractivity contribution >= 4 is 0 Å². The Balaban J connectivity index is 3.40. The second kappa shape index (κ2) is 8.25. The first-order valence-electron chi connectivity index (χ1n) is 5.83. The molecule has 86 valence electrons. The van der Waals surface area contributed by atoms with Crippen LogP contribution in [0.3, 0.4) is 0 Å². The molecule has 0 heterocycles. The van der Waals surface area contributed by atoms with Gasteiger partial charge in [-0.05, 0) is 18.8 Å². The first-order chi connectivity index (χ1) is 6.60. The fourth-order valence-corrected chi connectivity index (χ4v) is 0.883. The molecule has 0 unspecified atom stereocenters. The van der Waals surface area contributed by atoms with Crippen molar-refractivity contribution in [1.29, 1.82) is 0 Å². The van der Waals surface area contributed by atoms with E-state index < -0.39 is 0 Å². The Kier molecular flexibility index (Phi) is 8.20. The third-order valence-corrected chi connectivity index (χ3v) is 2.62. The molecule has 14 heavy (non-hydrogen) atoms. The molecule has 0 aromatic heterocycles. The van der Waals surface area contributed by atoms with Gasteiger partial charge in [0.2, 0.25) is 0 Å². The molecule has 2 atom stereocenters. The number of hydrogen-bond acceptors (Lipinski definition) is 2. The molecule has 0 aliphatic heterocycles. The van der Waals surface area contributed by atoms with E-state index in [0.717, 1.165) is 26.1 Å². The van der Waals surface area contributed by atoms with E-state index >= 15 is 0 Å². The van der Waals surface area contributed by atoms with Gasteiger partial charge in [0.25, 0.3) is 0 Å². The lowest BCUT2D eigenvalue weighted by Gasteiger charge is -2.18. The molecule has 2 heteroatoms. The van der Waals surface area contributed by atoms with Crippen molar-refractivity contribution in [2.24, 2.45) is 11.8 Å². The van der Waals surface area contributed by atoms with E-state index in [2.05, 4.69) is 27.7 Å². The normalized spacial score (nSPS) is 15.9. The first kappa shape index (κ1) is 13.9. The van der Waals surface area contributed by atoms with Crippen LogP contribution in [0.2, 0.25) is 0 Å². The van der Waals surface area contributed by atoms with Crippen LogP contribution in [0.15, 0.2) is 0 Å². The van der Waals surface area contributed by atoms with E-state index in [0.29, 0.717) is 11.8 Å². The quantitative estimate of drug-likeness (QED) is 0.561. The molecule has 2 nitrogen and oxygen atoms in total. The van der Waals surface area contributed by atoms with Crippen molar-refractivity contribution in [3.8, 4) is 0 Å². The predicted octanol–water partition coefficient (Wildman–Crippen LogP) is 3.46. The van der Waals surface area contributed by atoms with E-state index in [-0.39, 0.29) is 6.29 Å². The van der Waals surface area contributed by atoms with Crippen molar-refractivity contribution in [3.63, 3.8) is 0 Å². The number of rotatable bonds is 8.